The monoisotopic (exact) mass is 309 g/mol. The summed E-state index contributed by atoms with van der Waals surface area (Å²) >= 11 is 0. The van der Waals surface area contributed by atoms with Crippen molar-refractivity contribution in [2.45, 2.75) is 18.2 Å². The number of amides is 1. The summed E-state index contributed by atoms with van der Waals surface area (Å²) in [7, 11) is -3.31. The largest absolute Gasteiger partial charge is 1.00 e. The van der Waals surface area contributed by atoms with Crippen molar-refractivity contribution in [3.8, 4) is 5.75 Å². The van der Waals surface area contributed by atoms with Gasteiger partial charge in [-0.05, 0) is 25.1 Å². The number of hydrogen-bond acceptors (Lipinski definition) is 6. The van der Waals surface area contributed by atoms with Crippen LogP contribution in [-0.4, -0.2) is 31.8 Å². The van der Waals surface area contributed by atoms with Gasteiger partial charge < -0.3 is 14.6 Å². The molecule has 7 nitrogen and oxygen atoms in total. The van der Waals surface area contributed by atoms with E-state index in [2.05, 4.69) is 5.32 Å². The molecule has 0 unspecified atom stereocenters. The Morgan fingerprint density at radius 3 is 2.40 bits per heavy atom. The smallest absolute Gasteiger partial charge is 0.744 e. The average Bonchev–Trinajstić information content (AvgIpc) is 2.26. The van der Waals surface area contributed by atoms with Crippen LogP contribution < -0.4 is 39.6 Å². The normalized spacial score (nSPS) is 10.3. The third-order valence-corrected chi connectivity index (χ3v) is 2.97. The molecule has 20 heavy (non-hydrogen) atoms. The molecule has 1 rings (SSSR count). The van der Waals surface area contributed by atoms with Gasteiger partial charge in [-0.25, -0.2) is 8.42 Å². The zero-order chi connectivity index (χ0) is 14.6. The molecule has 0 bridgehead atoms. The molecule has 0 radical (unpaired) electrons. The van der Waals surface area contributed by atoms with E-state index in [1.807, 2.05) is 0 Å². The molecule has 1 N–H and O–H groups in total. The second kappa shape index (κ2) is 7.75. The summed E-state index contributed by atoms with van der Waals surface area (Å²) in [5, 5.41) is 2.32. The Morgan fingerprint density at radius 2 is 1.95 bits per heavy atom. The molecule has 0 atom stereocenters. The fourth-order valence-electron chi connectivity index (χ4n) is 1.36. The summed E-state index contributed by atoms with van der Waals surface area (Å²) in [4.78, 5) is 21.7. The van der Waals surface area contributed by atoms with E-state index in [0.29, 0.717) is 0 Å². The van der Waals surface area contributed by atoms with E-state index in [0.717, 1.165) is 12.1 Å². The predicted molar refractivity (Wildman–Crippen MR) is 64.9 cm³/mol. The molecule has 0 heterocycles. The number of anilines is 1. The summed E-state index contributed by atoms with van der Waals surface area (Å²) < 4.78 is 37.6. The SMILES string of the molecule is COc1ccc(S(=O)(=O)[O-])cc1NC(=O)CC(C)=O.[Na+]. The Labute approximate surface area is 138 Å². The van der Waals surface area contributed by atoms with Crippen LogP contribution >= 0.6 is 0 Å². The molecule has 1 amide bonds. The first-order valence-electron chi connectivity index (χ1n) is 5.17. The van der Waals surface area contributed by atoms with Crippen molar-refractivity contribution in [1.82, 2.24) is 0 Å². The first-order chi connectivity index (χ1) is 8.74. The molecule has 0 fully saturated rings. The molecule has 0 aliphatic heterocycles. The summed E-state index contributed by atoms with van der Waals surface area (Å²) in [5.74, 6) is -0.778. The molecule has 0 saturated heterocycles. The van der Waals surface area contributed by atoms with Crippen LogP contribution in [-0.2, 0) is 19.7 Å². The molecule has 1 aromatic carbocycles. The predicted octanol–water partition coefficient (Wildman–Crippen LogP) is -2.48. The number of ether oxygens (including phenoxy) is 1. The molecule has 0 saturated carbocycles. The minimum atomic E-state index is -4.63. The molecular formula is C11H12NNaO6S. The minimum absolute atomic E-state index is 0. The van der Waals surface area contributed by atoms with Crippen molar-refractivity contribution in [3.05, 3.63) is 18.2 Å². The van der Waals surface area contributed by atoms with E-state index in [9.17, 15) is 22.6 Å². The van der Waals surface area contributed by atoms with Gasteiger partial charge in [-0.3, -0.25) is 9.59 Å². The van der Waals surface area contributed by atoms with Gasteiger partial charge in [0.05, 0.1) is 24.1 Å². The van der Waals surface area contributed by atoms with Crippen LogP contribution in [0.25, 0.3) is 0 Å². The molecule has 0 aliphatic carbocycles. The number of rotatable bonds is 5. The van der Waals surface area contributed by atoms with E-state index in [1.165, 1.54) is 20.1 Å². The van der Waals surface area contributed by atoms with Crippen molar-refractivity contribution in [2.24, 2.45) is 0 Å². The van der Waals surface area contributed by atoms with Gasteiger partial charge in [-0.15, -0.1) is 0 Å². The minimum Gasteiger partial charge on any atom is -0.744 e. The molecule has 104 valence electrons. The van der Waals surface area contributed by atoms with Crippen LogP contribution in [0.1, 0.15) is 13.3 Å². The van der Waals surface area contributed by atoms with Gasteiger partial charge in [0.2, 0.25) is 5.91 Å². The van der Waals surface area contributed by atoms with Gasteiger partial charge >= 0.3 is 29.6 Å². The van der Waals surface area contributed by atoms with Gasteiger partial charge in [-0.1, -0.05) is 0 Å². The summed E-state index contributed by atoms with van der Waals surface area (Å²) in [5.41, 5.74) is 0.0191. The van der Waals surface area contributed by atoms with Crippen LogP contribution in [0.5, 0.6) is 5.75 Å². The summed E-state index contributed by atoms with van der Waals surface area (Å²) in [6.45, 7) is 1.25. The van der Waals surface area contributed by atoms with E-state index >= 15 is 0 Å². The molecule has 0 aromatic heterocycles. The van der Waals surface area contributed by atoms with Crippen LogP contribution in [0.4, 0.5) is 5.69 Å². The van der Waals surface area contributed by atoms with Crippen LogP contribution in [0.3, 0.4) is 0 Å². The number of benzene rings is 1. The number of ketones is 1. The average molecular weight is 309 g/mol. The van der Waals surface area contributed by atoms with E-state index < -0.39 is 20.9 Å². The molecule has 1 aromatic rings. The molecule has 0 spiro atoms. The Bertz CT molecular complexity index is 613. The standard InChI is InChI=1S/C11H13NO6S.Na/c1-7(13)5-11(14)12-9-6-8(19(15,16)17)3-4-10(9)18-2;/h3-4,6H,5H2,1-2H3,(H,12,14)(H,15,16,17);/q;+1/p-1. The Balaban J connectivity index is 0.00000361. The maximum atomic E-state index is 11.4. The topological polar surface area (TPSA) is 113 Å². The van der Waals surface area contributed by atoms with Crippen molar-refractivity contribution >= 4 is 27.5 Å². The maximum Gasteiger partial charge on any atom is 1.00 e. The summed E-state index contributed by atoms with van der Waals surface area (Å²) in [6.07, 6.45) is -0.350. The maximum absolute atomic E-state index is 11.4. The molecule has 9 heteroatoms. The fourth-order valence-corrected chi connectivity index (χ4v) is 1.86. The number of Topliss-reactive ketones (excluding diaryl/α,β-unsaturated/α-hetero) is 1. The number of hydrogen-bond donors (Lipinski definition) is 1. The van der Waals surface area contributed by atoms with Crippen molar-refractivity contribution in [2.75, 3.05) is 12.4 Å². The Hall–Kier alpha value is -0.930. The van der Waals surface area contributed by atoms with E-state index in [4.69, 9.17) is 4.74 Å². The van der Waals surface area contributed by atoms with E-state index in [1.54, 1.807) is 0 Å². The first kappa shape index (κ1) is 19.1. The van der Waals surface area contributed by atoms with E-state index in [-0.39, 0.29) is 53.2 Å². The Morgan fingerprint density at radius 1 is 1.35 bits per heavy atom. The zero-order valence-electron chi connectivity index (χ0n) is 11.3. The third kappa shape index (κ3) is 5.59. The van der Waals surface area contributed by atoms with Crippen LogP contribution in [0.2, 0.25) is 0 Å². The fraction of sp³-hybridized carbons (Fsp3) is 0.273. The van der Waals surface area contributed by atoms with Gasteiger partial charge in [0.25, 0.3) is 0 Å². The third-order valence-electron chi connectivity index (χ3n) is 2.14. The number of nitrogens with one attached hydrogen (secondary N) is 1. The van der Waals surface area contributed by atoms with Gasteiger partial charge in [0.15, 0.2) is 0 Å². The second-order valence-electron chi connectivity index (χ2n) is 3.74. The van der Waals surface area contributed by atoms with Crippen molar-refractivity contribution in [3.63, 3.8) is 0 Å². The van der Waals surface area contributed by atoms with Crippen molar-refractivity contribution < 1.29 is 56.9 Å². The molecule has 0 aliphatic rings. The van der Waals surface area contributed by atoms with Crippen LogP contribution in [0.15, 0.2) is 23.1 Å². The van der Waals surface area contributed by atoms with Crippen LogP contribution in [0, 0.1) is 0 Å². The molecular weight excluding hydrogens is 297 g/mol. The van der Waals surface area contributed by atoms with Gasteiger partial charge in [-0.2, -0.15) is 0 Å². The van der Waals surface area contributed by atoms with Gasteiger partial charge in [0.1, 0.15) is 21.7 Å². The van der Waals surface area contributed by atoms with Crippen molar-refractivity contribution in [1.29, 1.82) is 0 Å². The summed E-state index contributed by atoms with van der Waals surface area (Å²) in [6, 6.07) is 3.30. The second-order valence-corrected chi connectivity index (χ2v) is 5.12. The number of carbonyl (C=O) groups excluding carboxylic acids is 2. The quantitative estimate of drug-likeness (QED) is 0.366. The zero-order valence-corrected chi connectivity index (χ0v) is 14.1. The first-order valence-corrected chi connectivity index (χ1v) is 6.58. The number of carbonyl (C=O) groups is 2. The number of methoxy groups -OCH3 is 1. The Kier molecular flexibility index (Phi) is 7.39. The van der Waals surface area contributed by atoms with Gasteiger partial charge in [0, 0.05) is 0 Å².